The number of carboxylic acids is 1. The van der Waals surface area contributed by atoms with E-state index in [1.807, 2.05) is 0 Å². The zero-order valence-electron chi connectivity index (χ0n) is 7.65. The Balaban J connectivity index is 2.58. The molecular weight excluding hydrogens is 266 g/mol. The summed E-state index contributed by atoms with van der Waals surface area (Å²) >= 11 is 3.13. The van der Waals surface area contributed by atoms with Crippen LogP contribution in [0.4, 0.5) is 0 Å². The van der Waals surface area contributed by atoms with Crippen LogP contribution in [0.5, 0.6) is 0 Å². The minimum atomic E-state index is -1.09. The lowest BCUT2D eigenvalue weighted by Gasteiger charge is -1.92. The van der Waals surface area contributed by atoms with E-state index in [4.69, 9.17) is 14.0 Å². The number of nitrogens with zero attached hydrogens (tertiary/aromatic N) is 1. The molecule has 5 nitrogen and oxygen atoms in total. The summed E-state index contributed by atoms with van der Waals surface area (Å²) in [6.07, 6.45) is 0. The molecule has 0 radical (unpaired) electrons. The van der Waals surface area contributed by atoms with Crippen LogP contribution in [0.25, 0.3) is 11.5 Å². The second-order valence-corrected chi connectivity index (χ2v) is 3.65. The van der Waals surface area contributed by atoms with Crippen LogP contribution in [0, 0.1) is 6.92 Å². The Morgan fingerprint density at radius 3 is 2.80 bits per heavy atom. The van der Waals surface area contributed by atoms with Gasteiger partial charge in [0.05, 0.1) is 0 Å². The third kappa shape index (κ3) is 1.68. The highest BCUT2D eigenvalue weighted by Gasteiger charge is 2.22. The monoisotopic (exact) mass is 271 g/mol. The quantitative estimate of drug-likeness (QED) is 0.909. The number of furan rings is 1. The molecule has 0 aliphatic rings. The minimum absolute atomic E-state index is 0.0249. The first-order valence-electron chi connectivity index (χ1n) is 4.05. The number of rotatable bonds is 2. The highest BCUT2D eigenvalue weighted by Crippen LogP contribution is 2.28. The third-order valence-electron chi connectivity index (χ3n) is 1.88. The summed E-state index contributed by atoms with van der Waals surface area (Å²) in [7, 11) is 0. The van der Waals surface area contributed by atoms with E-state index in [2.05, 4.69) is 21.1 Å². The van der Waals surface area contributed by atoms with Gasteiger partial charge in [-0.15, -0.1) is 0 Å². The summed E-state index contributed by atoms with van der Waals surface area (Å²) in [5.41, 5.74) is 0.225. The first-order valence-corrected chi connectivity index (χ1v) is 4.84. The number of halogens is 1. The molecule has 2 aromatic heterocycles. The van der Waals surface area contributed by atoms with Crippen molar-refractivity contribution in [3.05, 3.63) is 28.1 Å². The minimum Gasteiger partial charge on any atom is -0.477 e. The average molecular weight is 272 g/mol. The fourth-order valence-electron chi connectivity index (χ4n) is 1.23. The zero-order chi connectivity index (χ0) is 11.0. The molecule has 0 saturated heterocycles. The van der Waals surface area contributed by atoms with Crippen molar-refractivity contribution in [1.82, 2.24) is 5.16 Å². The van der Waals surface area contributed by atoms with Gasteiger partial charge in [0.1, 0.15) is 11.3 Å². The molecular formula is C9H6BrNO4. The van der Waals surface area contributed by atoms with Crippen molar-refractivity contribution in [2.45, 2.75) is 6.92 Å². The van der Waals surface area contributed by atoms with Crippen LogP contribution in [-0.2, 0) is 0 Å². The highest BCUT2D eigenvalue weighted by molar-refractivity contribution is 9.10. The maximum atomic E-state index is 10.9. The van der Waals surface area contributed by atoms with Gasteiger partial charge in [0, 0.05) is 0 Å². The van der Waals surface area contributed by atoms with Gasteiger partial charge in [0.2, 0.25) is 0 Å². The van der Waals surface area contributed by atoms with Gasteiger partial charge >= 0.3 is 5.97 Å². The lowest BCUT2D eigenvalue weighted by Crippen LogP contribution is -1.98. The van der Waals surface area contributed by atoms with Crippen LogP contribution < -0.4 is 0 Å². The molecule has 15 heavy (non-hydrogen) atoms. The van der Waals surface area contributed by atoms with E-state index < -0.39 is 5.97 Å². The molecule has 78 valence electrons. The van der Waals surface area contributed by atoms with Crippen LogP contribution in [0.1, 0.15) is 16.1 Å². The van der Waals surface area contributed by atoms with E-state index in [0.717, 1.165) is 0 Å². The number of carboxylic acid groups (broad SMARTS) is 1. The van der Waals surface area contributed by atoms with Crippen LogP contribution in [0.3, 0.4) is 0 Å². The Morgan fingerprint density at radius 2 is 2.27 bits per heavy atom. The number of aryl methyl sites for hydroxylation is 1. The van der Waals surface area contributed by atoms with E-state index in [9.17, 15) is 4.79 Å². The van der Waals surface area contributed by atoms with Crippen molar-refractivity contribution >= 4 is 21.9 Å². The van der Waals surface area contributed by atoms with Gasteiger partial charge in [0.25, 0.3) is 0 Å². The predicted molar refractivity (Wildman–Crippen MR) is 53.6 cm³/mol. The van der Waals surface area contributed by atoms with Crippen molar-refractivity contribution in [3.63, 3.8) is 0 Å². The van der Waals surface area contributed by atoms with Crippen LogP contribution >= 0.6 is 15.9 Å². The lowest BCUT2D eigenvalue weighted by molar-refractivity contribution is 0.0695. The van der Waals surface area contributed by atoms with Gasteiger partial charge in [0.15, 0.2) is 16.1 Å². The van der Waals surface area contributed by atoms with E-state index in [1.54, 1.807) is 12.1 Å². The molecule has 0 saturated carbocycles. The fourth-order valence-corrected chi connectivity index (χ4v) is 1.54. The highest BCUT2D eigenvalue weighted by atomic mass is 79.9. The Hall–Kier alpha value is -1.56. The first kappa shape index (κ1) is 9.97. The molecule has 0 bridgehead atoms. The Bertz CT molecular complexity index is 514. The first-order chi connectivity index (χ1) is 7.09. The summed E-state index contributed by atoms with van der Waals surface area (Å²) < 4.78 is 10.5. The number of aromatic nitrogens is 1. The van der Waals surface area contributed by atoms with E-state index in [-0.39, 0.29) is 17.0 Å². The van der Waals surface area contributed by atoms with Crippen molar-refractivity contribution in [3.8, 4) is 11.5 Å². The van der Waals surface area contributed by atoms with Crippen LogP contribution in [-0.4, -0.2) is 16.2 Å². The molecule has 6 heteroatoms. The molecule has 0 atom stereocenters. The van der Waals surface area contributed by atoms with Crippen molar-refractivity contribution in [1.29, 1.82) is 0 Å². The van der Waals surface area contributed by atoms with Gasteiger partial charge < -0.3 is 14.0 Å². The Labute approximate surface area is 92.8 Å². The second-order valence-electron chi connectivity index (χ2n) is 2.87. The standard InChI is InChI=1S/C9H6BrNO4/c1-4-7(9(12)13)8(11-15-4)5-2-3-6(10)14-5/h2-3H,1H3,(H,12,13). The summed E-state index contributed by atoms with van der Waals surface area (Å²) in [4.78, 5) is 10.9. The molecule has 0 aromatic carbocycles. The van der Waals surface area contributed by atoms with E-state index >= 15 is 0 Å². The van der Waals surface area contributed by atoms with Crippen LogP contribution in [0.15, 0.2) is 25.7 Å². The number of carbonyl (C=O) groups is 1. The number of hydrogen-bond acceptors (Lipinski definition) is 4. The maximum absolute atomic E-state index is 10.9. The van der Waals surface area contributed by atoms with Gasteiger partial charge in [-0.2, -0.15) is 0 Å². The van der Waals surface area contributed by atoms with Gasteiger partial charge in [-0.3, -0.25) is 0 Å². The Morgan fingerprint density at radius 1 is 1.53 bits per heavy atom. The normalized spacial score (nSPS) is 10.5. The predicted octanol–water partition coefficient (Wildman–Crippen LogP) is 2.70. The van der Waals surface area contributed by atoms with Gasteiger partial charge in [-0.05, 0) is 35.0 Å². The van der Waals surface area contributed by atoms with Crippen molar-refractivity contribution < 1.29 is 18.8 Å². The van der Waals surface area contributed by atoms with Crippen LogP contribution in [0.2, 0.25) is 0 Å². The molecule has 2 aromatic rings. The molecule has 0 aliphatic heterocycles. The number of hydrogen-bond donors (Lipinski definition) is 1. The number of aromatic carboxylic acids is 1. The summed E-state index contributed by atoms with van der Waals surface area (Å²) in [5.74, 6) is -0.475. The average Bonchev–Trinajstić information content (AvgIpc) is 2.71. The molecule has 0 amide bonds. The molecule has 0 unspecified atom stereocenters. The van der Waals surface area contributed by atoms with E-state index in [0.29, 0.717) is 10.4 Å². The van der Waals surface area contributed by atoms with Crippen molar-refractivity contribution in [2.24, 2.45) is 0 Å². The van der Waals surface area contributed by atoms with Gasteiger partial charge in [-0.25, -0.2) is 4.79 Å². The molecule has 0 aliphatic carbocycles. The SMILES string of the molecule is Cc1onc(-c2ccc(Br)o2)c1C(=O)O. The summed E-state index contributed by atoms with van der Waals surface area (Å²) in [5, 5.41) is 12.6. The summed E-state index contributed by atoms with van der Waals surface area (Å²) in [6.45, 7) is 1.54. The Kier molecular flexibility index (Phi) is 2.36. The molecule has 0 spiro atoms. The fraction of sp³-hybridized carbons (Fsp3) is 0.111. The van der Waals surface area contributed by atoms with Crippen molar-refractivity contribution in [2.75, 3.05) is 0 Å². The summed E-state index contributed by atoms with van der Waals surface area (Å²) in [6, 6.07) is 3.28. The smallest absolute Gasteiger partial charge is 0.341 e. The van der Waals surface area contributed by atoms with E-state index in [1.165, 1.54) is 6.92 Å². The molecule has 1 N–H and O–H groups in total. The zero-order valence-corrected chi connectivity index (χ0v) is 9.24. The molecule has 2 heterocycles. The molecule has 0 fully saturated rings. The topological polar surface area (TPSA) is 76.5 Å². The maximum Gasteiger partial charge on any atom is 0.341 e. The third-order valence-corrected chi connectivity index (χ3v) is 2.31. The lowest BCUT2D eigenvalue weighted by atomic mass is 10.1. The second kappa shape index (κ2) is 3.54. The van der Waals surface area contributed by atoms with Gasteiger partial charge in [-0.1, -0.05) is 5.16 Å². The largest absolute Gasteiger partial charge is 0.477 e. The molecule has 2 rings (SSSR count).